The fraction of sp³-hybridized carbons (Fsp3) is 0.0455. The number of nitrogens with one attached hydrogen (secondary N) is 1. The maximum Gasteiger partial charge on any atom is 0.130 e. The van der Waals surface area contributed by atoms with Crippen molar-refractivity contribution in [2.45, 2.75) is 0 Å². The van der Waals surface area contributed by atoms with Crippen molar-refractivity contribution in [3.63, 3.8) is 0 Å². The Bertz CT molecular complexity index is 1330. The van der Waals surface area contributed by atoms with Gasteiger partial charge < -0.3 is 5.32 Å². The first-order valence-electron chi connectivity index (χ1n) is 8.85. The van der Waals surface area contributed by atoms with Crippen LogP contribution in [-0.4, -0.2) is 19.7 Å². The van der Waals surface area contributed by atoms with Gasteiger partial charge in [-0.15, -0.1) is 11.3 Å². The third-order valence-corrected chi connectivity index (χ3v) is 5.52. The summed E-state index contributed by atoms with van der Waals surface area (Å²) >= 11 is 1.63. The zero-order chi connectivity index (χ0) is 19.1. The Morgan fingerprint density at radius 1 is 1.04 bits per heavy atom. The molecule has 0 aliphatic heterocycles. The lowest BCUT2D eigenvalue weighted by Gasteiger charge is -2.11. The van der Waals surface area contributed by atoms with E-state index in [9.17, 15) is 0 Å². The van der Waals surface area contributed by atoms with Gasteiger partial charge in [0.25, 0.3) is 0 Å². The Balaban J connectivity index is 1.49. The van der Waals surface area contributed by atoms with Crippen LogP contribution in [0.1, 0.15) is 5.56 Å². The van der Waals surface area contributed by atoms with Gasteiger partial charge in [0.2, 0.25) is 0 Å². The Labute approximate surface area is 166 Å². The average molecular weight is 383 g/mol. The predicted molar refractivity (Wildman–Crippen MR) is 116 cm³/mol. The molecule has 6 heteroatoms. The van der Waals surface area contributed by atoms with E-state index in [2.05, 4.69) is 51.2 Å². The topological polar surface area (TPSA) is 55.6 Å². The van der Waals surface area contributed by atoms with Gasteiger partial charge in [0.1, 0.15) is 5.82 Å². The molecular weight excluding hydrogens is 366 g/mol. The number of aryl methyl sites for hydroxylation is 1. The van der Waals surface area contributed by atoms with E-state index in [1.807, 2.05) is 54.0 Å². The molecule has 0 unspecified atom stereocenters. The summed E-state index contributed by atoms with van der Waals surface area (Å²) in [7, 11) is 1.92. The molecule has 1 N–H and O–H groups in total. The summed E-state index contributed by atoms with van der Waals surface area (Å²) in [5.41, 5.74) is 6.82. The van der Waals surface area contributed by atoms with Gasteiger partial charge in [-0.05, 0) is 29.1 Å². The highest BCUT2D eigenvalue weighted by atomic mass is 32.1. The molecule has 3 heterocycles. The second-order valence-electron chi connectivity index (χ2n) is 6.64. The zero-order valence-electron chi connectivity index (χ0n) is 15.3. The van der Waals surface area contributed by atoms with Crippen LogP contribution in [-0.2, 0) is 7.05 Å². The van der Waals surface area contributed by atoms with Crippen molar-refractivity contribution in [3.8, 4) is 11.1 Å². The third-order valence-electron chi connectivity index (χ3n) is 4.72. The van der Waals surface area contributed by atoms with Gasteiger partial charge in [0, 0.05) is 41.7 Å². The number of hydrogen-bond acceptors (Lipinski definition) is 5. The number of pyridine rings is 1. The minimum atomic E-state index is 0.757. The molecule has 5 rings (SSSR count). The van der Waals surface area contributed by atoms with Crippen LogP contribution in [0.15, 0.2) is 73.1 Å². The second-order valence-corrected chi connectivity index (χ2v) is 7.53. The van der Waals surface area contributed by atoms with E-state index in [4.69, 9.17) is 0 Å². The van der Waals surface area contributed by atoms with E-state index in [0.717, 1.165) is 49.2 Å². The van der Waals surface area contributed by atoms with Crippen LogP contribution < -0.4 is 5.32 Å². The second kappa shape index (κ2) is 6.58. The lowest BCUT2D eigenvalue weighted by Crippen LogP contribution is -2.00. The van der Waals surface area contributed by atoms with Crippen molar-refractivity contribution in [2.24, 2.45) is 7.05 Å². The molecule has 136 valence electrons. The highest BCUT2D eigenvalue weighted by Gasteiger charge is 2.09. The molecule has 0 saturated carbocycles. The van der Waals surface area contributed by atoms with Crippen LogP contribution in [0.25, 0.3) is 37.8 Å². The van der Waals surface area contributed by atoms with E-state index < -0.39 is 0 Å². The highest BCUT2D eigenvalue weighted by molar-refractivity contribution is 7.16. The highest BCUT2D eigenvalue weighted by Crippen LogP contribution is 2.28. The van der Waals surface area contributed by atoms with Crippen molar-refractivity contribution in [1.29, 1.82) is 0 Å². The Hall–Kier alpha value is -3.51. The van der Waals surface area contributed by atoms with E-state index in [1.165, 1.54) is 0 Å². The minimum Gasteiger partial charge on any atom is -0.340 e. The first-order chi connectivity index (χ1) is 13.7. The number of para-hydroxylation sites is 1. The molecule has 0 amide bonds. The van der Waals surface area contributed by atoms with Crippen LogP contribution >= 0.6 is 11.3 Å². The Morgan fingerprint density at radius 3 is 2.82 bits per heavy atom. The van der Waals surface area contributed by atoms with Gasteiger partial charge in [-0.2, -0.15) is 5.10 Å². The molecule has 3 aromatic heterocycles. The molecule has 5 aromatic rings. The Kier molecular flexibility index (Phi) is 3.91. The van der Waals surface area contributed by atoms with E-state index in [0.29, 0.717) is 0 Å². The van der Waals surface area contributed by atoms with Gasteiger partial charge in [-0.3, -0.25) is 4.68 Å². The standard InChI is InChI=1S/C22H17N5S/c1-14(19-4-3-5-20-22(19)24-13-28-20)26-21-9-17-8-15(6-7-16(17)10-23-21)18-11-25-27(2)12-18/h3-13H,1H2,2H3,(H,23,26). The SMILES string of the molecule is C=C(Nc1cc2cc(-c3cnn(C)c3)ccc2cn1)c1cccc2scnc12. The van der Waals surface area contributed by atoms with Gasteiger partial charge in [-0.1, -0.05) is 30.8 Å². The van der Waals surface area contributed by atoms with Crippen LogP contribution in [0.4, 0.5) is 5.82 Å². The normalized spacial score (nSPS) is 11.2. The number of anilines is 1. The monoisotopic (exact) mass is 383 g/mol. The lowest BCUT2D eigenvalue weighted by atomic mass is 10.0. The van der Waals surface area contributed by atoms with E-state index in [1.54, 1.807) is 11.3 Å². The fourth-order valence-corrected chi connectivity index (χ4v) is 4.01. The number of thiazole rings is 1. The molecule has 0 aliphatic rings. The number of aromatic nitrogens is 4. The zero-order valence-corrected chi connectivity index (χ0v) is 16.1. The van der Waals surface area contributed by atoms with Crippen LogP contribution in [0, 0.1) is 0 Å². The molecule has 0 radical (unpaired) electrons. The third kappa shape index (κ3) is 2.93. The first-order valence-corrected chi connectivity index (χ1v) is 9.73. The van der Waals surface area contributed by atoms with Gasteiger partial charge in [0.15, 0.2) is 0 Å². The lowest BCUT2D eigenvalue weighted by molar-refractivity contribution is 0.768. The summed E-state index contributed by atoms with van der Waals surface area (Å²) < 4.78 is 2.95. The molecule has 0 fully saturated rings. The molecular formula is C22H17N5S. The number of nitrogens with zero attached hydrogens (tertiary/aromatic N) is 4. The predicted octanol–water partition coefficient (Wildman–Crippen LogP) is 5.33. The van der Waals surface area contributed by atoms with Crippen LogP contribution in [0.2, 0.25) is 0 Å². The minimum absolute atomic E-state index is 0.757. The number of hydrogen-bond donors (Lipinski definition) is 1. The average Bonchev–Trinajstić information content (AvgIpc) is 3.36. The summed E-state index contributed by atoms with van der Waals surface area (Å²) in [4.78, 5) is 9.01. The summed E-state index contributed by atoms with van der Waals surface area (Å²) in [6.45, 7) is 4.20. The summed E-state index contributed by atoms with van der Waals surface area (Å²) in [6, 6.07) is 14.5. The number of fused-ring (bicyclic) bond motifs is 2. The Morgan fingerprint density at radius 2 is 1.96 bits per heavy atom. The molecule has 28 heavy (non-hydrogen) atoms. The van der Waals surface area contributed by atoms with Gasteiger partial charge in [-0.25, -0.2) is 9.97 Å². The van der Waals surface area contributed by atoms with Crippen LogP contribution in [0.3, 0.4) is 0 Å². The molecule has 0 spiro atoms. The van der Waals surface area contributed by atoms with Crippen molar-refractivity contribution in [1.82, 2.24) is 19.7 Å². The van der Waals surface area contributed by atoms with Gasteiger partial charge >= 0.3 is 0 Å². The van der Waals surface area contributed by atoms with Crippen LogP contribution in [0.5, 0.6) is 0 Å². The van der Waals surface area contributed by atoms with Crippen molar-refractivity contribution >= 4 is 43.8 Å². The molecule has 0 saturated heterocycles. The van der Waals surface area contributed by atoms with E-state index in [-0.39, 0.29) is 0 Å². The maximum absolute atomic E-state index is 4.54. The van der Waals surface area contributed by atoms with Crippen molar-refractivity contribution in [3.05, 3.63) is 78.7 Å². The molecule has 0 bridgehead atoms. The molecule has 0 atom stereocenters. The van der Waals surface area contributed by atoms with Crippen molar-refractivity contribution in [2.75, 3.05) is 5.32 Å². The fourth-order valence-electron chi connectivity index (χ4n) is 3.31. The largest absolute Gasteiger partial charge is 0.340 e. The summed E-state index contributed by atoms with van der Waals surface area (Å²) in [5, 5.41) is 9.80. The number of rotatable bonds is 4. The first kappa shape index (κ1) is 16.6. The maximum atomic E-state index is 4.54. The smallest absolute Gasteiger partial charge is 0.130 e. The quantitative estimate of drug-likeness (QED) is 0.456. The van der Waals surface area contributed by atoms with Gasteiger partial charge in [0.05, 0.1) is 21.9 Å². The van der Waals surface area contributed by atoms with E-state index >= 15 is 0 Å². The summed E-state index contributed by atoms with van der Waals surface area (Å²) in [5.74, 6) is 0.757. The molecule has 5 nitrogen and oxygen atoms in total. The molecule has 0 aliphatic carbocycles. The summed E-state index contributed by atoms with van der Waals surface area (Å²) in [6.07, 6.45) is 5.76. The number of benzene rings is 2. The van der Waals surface area contributed by atoms with Crippen molar-refractivity contribution < 1.29 is 0 Å². The molecule has 2 aromatic carbocycles.